The van der Waals surface area contributed by atoms with Crippen molar-refractivity contribution in [2.24, 2.45) is 7.05 Å². The summed E-state index contributed by atoms with van der Waals surface area (Å²) >= 11 is 0. The van der Waals surface area contributed by atoms with Crippen LogP contribution in [0.4, 0.5) is 10.2 Å². The van der Waals surface area contributed by atoms with Crippen LogP contribution in [0.2, 0.25) is 0 Å². The van der Waals surface area contributed by atoms with Gasteiger partial charge in [-0.15, -0.1) is 0 Å². The van der Waals surface area contributed by atoms with E-state index < -0.39 is 0 Å². The molecule has 0 radical (unpaired) electrons. The lowest BCUT2D eigenvalue weighted by atomic mass is 10.1. The van der Waals surface area contributed by atoms with Gasteiger partial charge in [0.2, 0.25) is 5.91 Å². The van der Waals surface area contributed by atoms with Crippen molar-refractivity contribution in [1.29, 1.82) is 0 Å². The number of likely N-dealkylation sites (tertiary alicyclic amines) is 1. The predicted octanol–water partition coefficient (Wildman–Crippen LogP) is 2.47. The number of nitrogens with zero attached hydrogens (tertiary/aromatic N) is 3. The summed E-state index contributed by atoms with van der Waals surface area (Å²) in [6.45, 7) is 3.43. The fourth-order valence-corrected chi connectivity index (χ4v) is 3.07. The molecule has 0 spiro atoms. The van der Waals surface area contributed by atoms with Gasteiger partial charge in [-0.05, 0) is 44.0 Å². The van der Waals surface area contributed by atoms with Gasteiger partial charge >= 0.3 is 0 Å². The molecule has 1 aromatic heterocycles. The molecule has 0 unspecified atom stereocenters. The summed E-state index contributed by atoms with van der Waals surface area (Å²) in [7, 11) is 1.81. The highest BCUT2D eigenvalue weighted by atomic mass is 19.1. The first-order valence-corrected chi connectivity index (χ1v) is 7.83. The van der Waals surface area contributed by atoms with Gasteiger partial charge in [0.05, 0.1) is 11.7 Å². The number of hydrogen-bond donors (Lipinski definition) is 1. The van der Waals surface area contributed by atoms with Crippen molar-refractivity contribution >= 4 is 11.7 Å². The molecule has 1 N–H and O–H groups in total. The Morgan fingerprint density at radius 2 is 2.13 bits per heavy atom. The van der Waals surface area contributed by atoms with E-state index in [1.807, 2.05) is 20.0 Å². The van der Waals surface area contributed by atoms with E-state index in [1.165, 1.54) is 12.1 Å². The number of rotatable bonds is 4. The summed E-state index contributed by atoms with van der Waals surface area (Å²) in [4.78, 5) is 14.7. The van der Waals surface area contributed by atoms with Crippen LogP contribution in [0.5, 0.6) is 0 Å². The highest BCUT2D eigenvalue weighted by molar-refractivity contribution is 5.94. The topological polar surface area (TPSA) is 50.2 Å². The Bertz CT molecular complexity index is 695. The smallest absolute Gasteiger partial charge is 0.242 e. The fraction of sp³-hybridized carbons (Fsp3) is 0.412. The molecule has 5 nitrogen and oxygen atoms in total. The van der Waals surface area contributed by atoms with Gasteiger partial charge in [-0.2, -0.15) is 5.10 Å². The number of aromatic nitrogens is 2. The summed E-state index contributed by atoms with van der Waals surface area (Å²) in [5, 5.41) is 7.20. The van der Waals surface area contributed by atoms with Gasteiger partial charge in [0.25, 0.3) is 0 Å². The molecule has 2 aromatic rings. The van der Waals surface area contributed by atoms with E-state index in [4.69, 9.17) is 0 Å². The Hall–Kier alpha value is -2.21. The molecule has 2 heterocycles. The average molecular weight is 316 g/mol. The molecular formula is C17H21FN4O. The van der Waals surface area contributed by atoms with Crippen molar-refractivity contribution in [2.45, 2.75) is 32.4 Å². The Kier molecular flexibility index (Phi) is 4.43. The number of benzene rings is 1. The second kappa shape index (κ2) is 6.50. The molecule has 0 bridgehead atoms. The van der Waals surface area contributed by atoms with Gasteiger partial charge < -0.3 is 5.32 Å². The van der Waals surface area contributed by atoms with Crippen LogP contribution < -0.4 is 5.32 Å². The summed E-state index contributed by atoms with van der Waals surface area (Å²) in [5.74, 6) is 0.463. The lowest BCUT2D eigenvalue weighted by Gasteiger charge is -2.23. The maximum Gasteiger partial charge on any atom is 0.242 e. The molecule has 0 saturated carbocycles. The maximum atomic E-state index is 13.0. The molecule has 1 aliphatic heterocycles. The third-order valence-electron chi connectivity index (χ3n) is 4.22. The van der Waals surface area contributed by atoms with Crippen molar-refractivity contribution in [3.63, 3.8) is 0 Å². The lowest BCUT2D eigenvalue weighted by molar-refractivity contribution is -0.120. The third-order valence-corrected chi connectivity index (χ3v) is 4.22. The molecule has 1 fully saturated rings. The maximum absolute atomic E-state index is 13.0. The van der Waals surface area contributed by atoms with Crippen molar-refractivity contribution < 1.29 is 9.18 Å². The monoisotopic (exact) mass is 316 g/mol. The summed E-state index contributed by atoms with van der Waals surface area (Å²) < 4.78 is 14.7. The van der Waals surface area contributed by atoms with E-state index in [-0.39, 0.29) is 17.8 Å². The standard InChI is InChI=1S/C17H21FN4O/c1-12-10-16(21(2)20-12)19-17(23)15-4-3-9-22(15)11-13-5-7-14(18)8-6-13/h5-8,10,15H,3-4,9,11H2,1-2H3,(H,19,23)/t15-/m1/s1. The molecule has 122 valence electrons. The number of carbonyl (C=O) groups is 1. The van der Waals surface area contributed by atoms with E-state index >= 15 is 0 Å². The molecule has 6 heteroatoms. The van der Waals surface area contributed by atoms with Gasteiger partial charge in [-0.1, -0.05) is 12.1 Å². The Morgan fingerprint density at radius 1 is 1.39 bits per heavy atom. The number of anilines is 1. The molecule has 1 aliphatic rings. The number of hydrogen-bond acceptors (Lipinski definition) is 3. The molecule has 1 atom stereocenters. The predicted molar refractivity (Wildman–Crippen MR) is 86.4 cm³/mol. The number of halogens is 1. The van der Waals surface area contributed by atoms with E-state index in [2.05, 4.69) is 15.3 Å². The lowest BCUT2D eigenvalue weighted by Crippen LogP contribution is -2.39. The SMILES string of the molecule is Cc1cc(NC(=O)[C@H]2CCCN2Cc2ccc(F)cc2)n(C)n1. The van der Waals surface area contributed by atoms with Crippen LogP contribution in [0, 0.1) is 12.7 Å². The first-order chi connectivity index (χ1) is 11.0. The molecule has 1 aromatic carbocycles. The Labute approximate surface area is 135 Å². The molecule has 0 aliphatic carbocycles. The van der Waals surface area contributed by atoms with E-state index in [1.54, 1.807) is 16.8 Å². The van der Waals surface area contributed by atoms with Gasteiger partial charge in [-0.25, -0.2) is 4.39 Å². The van der Waals surface area contributed by atoms with E-state index in [0.29, 0.717) is 12.4 Å². The minimum Gasteiger partial charge on any atom is -0.310 e. The number of aryl methyl sites for hydroxylation is 2. The zero-order valence-electron chi connectivity index (χ0n) is 13.4. The quantitative estimate of drug-likeness (QED) is 0.943. The zero-order chi connectivity index (χ0) is 16.4. The van der Waals surface area contributed by atoms with Gasteiger partial charge in [-0.3, -0.25) is 14.4 Å². The second-order valence-electron chi connectivity index (χ2n) is 6.04. The van der Waals surface area contributed by atoms with Crippen LogP contribution in [0.1, 0.15) is 24.1 Å². The third kappa shape index (κ3) is 3.59. The summed E-state index contributed by atoms with van der Waals surface area (Å²) in [6, 6.07) is 8.16. The molecule has 3 rings (SSSR count). The fourth-order valence-electron chi connectivity index (χ4n) is 3.07. The highest BCUT2D eigenvalue weighted by Gasteiger charge is 2.31. The molecular weight excluding hydrogens is 295 g/mol. The van der Waals surface area contributed by atoms with E-state index in [0.717, 1.165) is 30.6 Å². The Balaban J connectivity index is 1.67. The normalized spacial score (nSPS) is 18.3. The van der Waals surface area contributed by atoms with Crippen LogP contribution in [-0.2, 0) is 18.4 Å². The molecule has 1 saturated heterocycles. The van der Waals surface area contributed by atoms with Crippen molar-refractivity contribution in [3.8, 4) is 0 Å². The highest BCUT2D eigenvalue weighted by Crippen LogP contribution is 2.22. The number of nitrogens with one attached hydrogen (secondary N) is 1. The van der Waals surface area contributed by atoms with Gasteiger partial charge in [0.1, 0.15) is 11.6 Å². The van der Waals surface area contributed by atoms with Gasteiger partial charge in [0, 0.05) is 19.7 Å². The Morgan fingerprint density at radius 3 is 2.78 bits per heavy atom. The average Bonchev–Trinajstić information content (AvgIpc) is 3.08. The van der Waals surface area contributed by atoms with Crippen LogP contribution in [-0.4, -0.2) is 33.2 Å². The van der Waals surface area contributed by atoms with Crippen LogP contribution in [0.25, 0.3) is 0 Å². The largest absolute Gasteiger partial charge is 0.310 e. The minimum absolute atomic E-state index is 0.00684. The van der Waals surface area contributed by atoms with Crippen molar-refractivity contribution in [3.05, 3.63) is 47.4 Å². The summed E-state index contributed by atoms with van der Waals surface area (Å²) in [6.07, 6.45) is 1.83. The van der Waals surface area contributed by atoms with E-state index in [9.17, 15) is 9.18 Å². The van der Waals surface area contributed by atoms with Crippen LogP contribution in [0.3, 0.4) is 0 Å². The van der Waals surface area contributed by atoms with Gasteiger partial charge in [0.15, 0.2) is 0 Å². The second-order valence-corrected chi connectivity index (χ2v) is 6.04. The summed E-state index contributed by atoms with van der Waals surface area (Å²) in [5.41, 5.74) is 1.89. The number of carbonyl (C=O) groups excluding carboxylic acids is 1. The molecule has 23 heavy (non-hydrogen) atoms. The molecule has 1 amide bonds. The van der Waals surface area contributed by atoms with Crippen molar-refractivity contribution in [2.75, 3.05) is 11.9 Å². The zero-order valence-corrected chi connectivity index (χ0v) is 13.4. The van der Waals surface area contributed by atoms with Crippen LogP contribution >= 0.6 is 0 Å². The van der Waals surface area contributed by atoms with Crippen LogP contribution in [0.15, 0.2) is 30.3 Å². The first-order valence-electron chi connectivity index (χ1n) is 7.83. The minimum atomic E-state index is -0.240. The number of amides is 1. The first kappa shape index (κ1) is 15.7. The van der Waals surface area contributed by atoms with Crippen molar-refractivity contribution in [1.82, 2.24) is 14.7 Å².